The summed E-state index contributed by atoms with van der Waals surface area (Å²) >= 11 is 0. The molecular weight excluding hydrogens is 294 g/mol. The molecule has 3 rings (SSSR count). The van der Waals surface area contributed by atoms with Crippen LogP contribution in [0.1, 0.15) is 58.3 Å². The SMILES string of the molecule is CC(C)(N)c1nnc(NC2CCN(C(=O)C3CCCC3)CC2)o1. The van der Waals surface area contributed by atoms with Gasteiger partial charge in [-0.25, -0.2) is 0 Å². The Morgan fingerprint density at radius 3 is 2.43 bits per heavy atom. The highest BCUT2D eigenvalue weighted by Crippen LogP contribution is 2.28. The minimum absolute atomic E-state index is 0.261. The van der Waals surface area contributed by atoms with Gasteiger partial charge < -0.3 is 20.4 Å². The standard InChI is InChI=1S/C16H27N5O2/c1-16(2,17)14-19-20-15(23-14)18-12-7-9-21(10-8-12)13(22)11-5-3-4-6-11/h11-12H,3-10,17H2,1-2H3,(H,18,20). The van der Waals surface area contributed by atoms with Gasteiger partial charge in [0.1, 0.15) is 0 Å². The van der Waals surface area contributed by atoms with Crippen LogP contribution in [-0.2, 0) is 10.3 Å². The zero-order valence-corrected chi connectivity index (χ0v) is 14.0. The summed E-state index contributed by atoms with van der Waals surface area (Å²) in [7, 11) is 0. The van der Waals surface area contributed by atoms with Crippen LogP contribution in [0, 0.1) is 5.92 Å². The average molecular weight is 321 g/mol. The molecule has 0 spiro atoms. The predicted molar refractivity (Wildman–Crippen MR) is 86.7 cm³/mol. The van der Waals surface area contributed by atoms with Crippen molar-refractivity contribution in [3.63, 3.8) is 0 Å². The number of rotatable bonds is 4. The monoisotopic (exact) mass is 321 g/mol. The van der Waals surface area contributed by atoms with Gasteiger partial charge in [0.2, 0.25) is 11.8 Å². The lowest BCUT2D eigenvalue weighted by molar-refractivity contribution is -0.136. The maximum atomic E-state index is 12.4. The minimum atomic E-state index is -0.635. The third-order valence-electron chi connectivity index (χ3n) is 4.81. The number of nitrogens with zero attached hydrogens (tertiary/aromatic N) is 3. The Kier molecular flexibility index (Phi) is 4.57. The lowest BCUT2D eigenvalue weighted by Gasteiger charge is -2.33. The molecule has 7 heteroatoms. The molecule has 0 unspecified atom stereocenters. The zero-order valence-electron chi connectivity index (χ0n) is 14.0. The van der Waals surface area contributed by atoms with E-state index in [0.717, 1.165) is 38.8 Å². The number of carbonyl (C=O) groups is 1. The highest BCUT2D eigenvalue weighted by molar-refractivity contribution is 5.79. The second kappa shape index (κ2) is 6.47. The van der Waals surface area contributed by atoms with Gasteiger partial charge in [-0.2, -0.15) is 0 Å². The molecular formula is C16H27N5O2. The van der Waals surface area contributed by atoms with E-state index in [4.69, 9.17) is 10.2 Å². The van der Waals surface area contributed by atoms with E-state index in [1.807, 2.05) is 18.7 Å². The summed E-state index contributed by atoms with van der Waals surface area (Å²) in [5, 5.41) is 11.3. The van der Waals surface area contributed by atoms with Gasteiger partial charge in [0.25, 0.3) is 0 Å². The normalized spacial score (nSPS) is 20.9. The molecule has 0 aromatic carbocycles. The Hall–Kier alpha value is -1.63. The summed E-state index contributed by atoms with van der Waals surface area (Å²) in [6.07, 6.45) is 6.34. The zero-order chi connectivity index (χ0) is 16.4. The number of anilines is 1. The van der Waals surface area contributed by atoms with E-state index in [9.17, 15) is 4.79 Å². The molecule has 1 amide bonds. The van der Waals surface area contributed by atoms with Crippen molar-refractivity contribution in [1.82, 2.24) is 15.1 Å². The second-order valence-electron chi connectivity index (χ2n) is 7.36. The number of amides is 1. The molecule has 1 saturated carbocycles. The maximum absolute atomic E-state index is 12.4. The van der Waals surface area contributed by atoms with E-state index in [0.29, 0.717) is 17.8 Å². The molecule has 2 aliphatic rings. The molecule has 2 fully saturated rings. The van der Waals surface area contributed by atoms with Crippen LogP contribution in [-0.4, -0.2) is 40.1 Å². The van der Waals surface area contributed by atoms with E-state index in [1.165, 1.54) is 12.8 Å². The number of nitrogens with one attached hydrogen (secondary N) is 1. The van der Waals surface area contributed by atoms with Gasteiger partial charge in [-0.3, -0.25) is 4.79 Å². The lowest BCUT2D eigenvalue weighted by Crippen LogP contribution is -2.44. The molecule has 2 heterocycles. The number of hydrogen-bond acceptors (Lipinski definition) is 6. The summed E-state index contributed by atoms with van der Waals surface area (Å²) in [6.45, 7) is 5.27. The molecule has 128 valence electrons. The number of nitrogens with two attached hydrogens (primary N) is 1. The summed E-state index contributed by atoms with van der Waals surface area (Å²) < 4.78 is 5.57. The first-order valence-corrected chi connectivity index (χ1v) is 8.61. The lowest BCUT2D eigenvalue weighted by atomic mass is 10.0. The van der Waals surface area contributed by atoms with Crippen LogP contribution in [0.5, 0.6) is 0 Å². The summed E-state index contributed by atoms with van der Waals surface area (Å²) in [5.74, 6) is 1.05. The Bertz CT molecular complexity index is 537. The van der Waals surface area contributed by atoms with Crippen molar-refractivity contribution in [3.8, 4) is 0 Å². The fraction of sp³-hybridized carbons (Fsp3) is 0.812. The molecule has 7 nitrogen and oxygen atoms in total. The predicted octanol–water partition coefficient (Wildman–Crippen LogP) is 1.86. The highest BCUT2D eigenvalue weighted by atomic mass is 16.4. The molecule has 1 aliphatic carbocycles. The van der Waals surface area contributed by atoms with Crippen LogP contribution in [0.3, 0.4) is 0 Å². The van der Waals surface area contributed by atoms with Gasteiger partial charge >= 0.3 is 6.01 Å². The largest absolute Gasteiger partial charge is 0.406 e. The fourth-order valence-electron chi connectivity index (χ4n) is 3.39. The van der Waals surface area contributed by atoms with Gasteiger partial charge in [0.05, 0.1) is 5.54 Å². The van der Waals surface area contributed by atoms with Crippen LogP contribution in [0.4, 0.5) is 6.01 Å². The number of likely N-dealkylation sites (tertiary alicyclic amines) is 1. The fourth-order valence-corrected chi connectivity index (χ4v) is 3.39. The van der Waals surface area contributed by atoms with Crippen molar-refractivity contribution in [2.45, 2.75) is 64.0 Å². The third-order valence-corrected chi connectivity index (χ3v) is 4.81. The van der Waals surface area contributed by atoms with Crippen molar-refractivity contribution in [1.29, 1.82) is 0 Å². The van der Waals surface area contributed by atoms with Gasteiger partial charge in [-0.05, 0) is 39.5 Å². The molecule has 23 heavy (non-hydrogen) atoms. The van der Waals surface area contributed by atoms with Gasteiger partial charge in [0, 0.05) is 25.0 Å². The van der Waals surface area contributed by atoms with Crippen molar-refractivity contribution < 1.29 is 9.21 Å². The molecule has 0 radical (unpaired) electrons. The van der Waals surface area contributed by atoms with Gasteiger partial charge in [0.15, 0.2) is 0 Å². The van der Waals surface area contributed by atoms with Gasteiger partial charge in [-0.15, -0.1) is 5.10 Å². The summed E-state index contributed by atoms with van der Waals surface area (Å²) in [5.41, 5.74) is 5.31. The average Bonchev–Trinajstić information content (AvgIpc) is 3.18. The Morgan fingerprint density at radius 1 is 1.22 bits per heavy atom. The van der Waals surface area contributed by atoms with Gasteiger partial charge in [-0.1, -0.05) is 17.9 Å². The van der Waals surface area contributed by atoms with E-state index in [1.54, 1.807) is 0 Å². The minimum Gasteiger partial charge on any atom is -0.406 e. The van der Waals surface area contributed by atoms with E-state index in [-0.39, 0.29) is 12.0 Å². The third kappa shape index (κ3) is 3.83. The number of hydrogen-bond donors (Lipinski definition) is 2. The van der Waals surface area contributed by atoms with Crippen molar-refractivity contribution in [2.75, 3.05) is 18.4 Å². The van der Waals surface area contributed by atoms with Crippen LogP contribution in [0.2, 0.25) is 0 Å². The first kappa shape index (κ1) is 16.2. The van der Waals surface area contributed by atoms with Crippen LogP contribution in [0.25, 0.3) is 0 Å². The molecule has 1 aromatic rings. The molecule has 1 aromatic heterocycles. The second-order valence-corrected chi connectivity index (χ2v) is 7.36. The number of carbonyl (C=O) groups excluding carboxylic acids is 1. The Labute approximate surface area is 137 Å². The summed E-state index contributed by atoms with van der Waals surface area (Å²) in [6, 6.07) is 0.677. The molecule has 0 bridgehead atoms. The highest BCUT2D eigenvalue weighted by Gasteiger charge is 2.30. The molecule has 0 atom stereocenters. The summed E-state index contributed by atoms with van der Waals surface area (Å²) in [4.78, 5) is 14.5. The van der Waals surface area contributed by atoms with E-state index < -0.39 is 5.54 Å². The molecule has 1 saturated heterocycles. The molecule has 3 N–H and O–H groups in total. The van der Waals surface area contributed by atoms with Crippen molar-refractivity contribution in [2.24, 2.45) is 11.7 Å². The number of piperidine rings is 1. The Morgan fingerprint density at radius 2 is 1.87 bits per heavy atom. The van der Waals surface area contributed by atoms with Crippen LogP contribution >= 0.6 is 0 Å². The first-order chi connectivity index (χ1) is 10.9. The van der Waals surface area contributed by atoms with E-state index in [2.05, 4.69) is 15.5 Å². The quantitative estimate of drug-likeness (QED) is 0.878. The van der Waals surface area contributed by atoms with E-state index >= 15 is 0 Å². The first-order valence-electron chi connectivity index (χ1n) is 8.61. The van der Waals surface area contributed by atoms with Crippen LogP contribution < -0.4 is 11.1 Å². The number of aromatic nitrogens is 2. The topological polar surface area (TPSA) is 97.3 Å². The maximum Gasteiger partial charge on any atom is 0.315 e. The Balaban J connectivity index is 1.49. The molecule has 1 aliphatic heterocycles. The smallest absolute Gasteiger partial charge is 0.315 e. The van der Waals surface area contributed by atoms with Crippen LogP contribution in [0.15, 0.2) is 4.42 Å². The van der Waals surface area contributed by atoms with Crippen molar-refractivity contribution >= 4 is 11.9 Å². The van der Waals surface area contributed by atoms with Crippen molar-refractivity contribution in [3.05, 3.63) is 5.89 Å².